The summed E-state index contributed by atoms with van der Waals surface area (Å²) in [7, 11) is -3.35. The van der Waals surface area contributed by atoms with Crippen LogP contribution in [-0.2, 0) is 14.8 Å². The summed E-state index contributed by atoms with van der Waals surface area (Å²) < 4.78 is 27.3. The molecule has 1 aliphatic heterocycles. The zero-order valence-corrected chi connectivity index (χ0v) is 21.7. The lowest BCUT2D eigenvalue weighted by Gasteiger charge is -2.35. The van der Waals surface area contributed by atoms with E-state index in [1.807, 2.05) is 66.7 Å². The third kappa shape index (κ3) is 6.95. The summed E-state index contributed by atoms with van der Waals surface area (Å²) in [5, 5.41) is 2.93. The molecule has 3 aromatic carbocycles. The molecule has 0 unspecified atom stereocenters. The van der Waals surface area contributed by atoms with E-state index in [2.05, 4.69) is 35.3 Å². The minimum absolute atomic E-state index is 0.0402. The molecular weight excluding hydrogens is 470 g/mol. The van der Waals surface area contributed by atoms with Gasteiger partial charge in [0.2, 0.25) is 15.9 Å². The average Bonchev–Trinajstić information content (AvgIpc) is 2.91. The molecule has 1 N–H and O–H groups in total. The molecule has 1 heterocycles. The molecule has 1 fully saturated rings. The molecule has 1 saturated heterocycles. The van der Waals surface area contributed by atoms with Gasteiger partial charge in [0.15, 0.2) is 0 Å². The number of sulfonamides is 1. The highest BCUT2D eigenvalue weighted by Gasteiger charge is 2.27. The number of carbonyl (C=O) groups is 1. The van der Waals surface area contributed by atoms with E-state index in [4.69, 9.17) is 0 Å². The quantitative estimate of drug-likeness (QED) is 0.420. The van der Waals surface area contributed by atoms with Crippen molar-refractivity contribution in [3.8, 4) is 0 Å². The monoisotopic (exact) mass is 505 g/mol. The molecule has 1 amide bonds. The Balaban J connectivity index is 1.24. The Labute approximate surface area is 215 Å². The SMILES string of the molecule is Cc1cccc(N2CCN(S(=O)(=O)CCCNC(=O)CC(c3ccccc3)c3ccccc3)CC2)c1. The smallest absolute Gasteiger partial charge is 0.220 e. The van der Waals surface area contributed by atoms with E-state index in [1.165, 1.54) is 5.56 Å². The number of nitrogens with zero attached hydrogens (tertiary/aromatic N) is 2. The lowest BCUT2D eigenvalue weighted by atomic mass is 9.88. The van der Waals surface area contributed by atoms with Gasteiger partial charge < -0.3 is 10.2 Å². The van der Waals surface area contributed by atoms with E-state index in [1.54, 1.807) is 4.31 Å². The number of anilines is 1. The number of hydrogen-bond donors (Lipinski definition) is 1. The van der Waals surface area contributed by atoms with E-state index >= 15 is 0 Å². The van der Waals surface area contributed by atoms with Crippen LogP contribution in [-0.4, -0.2) is 57.1 Å². The summed E-state index contributed by atoms with van der Waals surface area (Å²) in [5.74, 6) is -0.0730. The van der Waals surface area contributed by atoms with E-state index in [-0.39, 0.29) is 17.6 Å². The van der Waals surface area contributed by atoms with Crippen molar-refractivity contribution >= 4 is 21.6 Å². The van der Waals surface area contributed by atoms with Crippen molar-refractivity contribution in [2.24, 2.45) is 0 Å². The summed E-state index contributed by atoms with van der Waals surface area (Å²) >= 11 is 0. The van der Waals surface area contributed by atoms with E-state index in [0.29, 0.717) is 45.6 Å². The van der Waals surface area contributed by atoms with Gasteiger partial charge in [-0.15, -0.1) is 0 Å². The van der Waals surface area contributed by atoms with Crippen LogP contribution in [0.25, 0.3) is 0 Å². The lowest BCUT2D eigenvalue weighted by Crippen LogP contribution is -2.49. The average molecular weight is 506 g/mol. The van der Waals surface area contributed by atoms with Crippen LogP contribution < -0.4 is 10.2 Å². The highest BCUT2D eigenvalue weighted by atomic mass is 32.2. The molecule has 3 aromatic rings. The minimum Gasteiger partial charge on any atom is -0.369 e. The van der Waals surface area contributed by atoms with Crippen LogP contribution in [0.3, 0.4) is 0 Å². The number of piperazine rings is 1. The van der Waals surface area contributed by atoms with Crippen molar-refractivity contribution < 1.29 is 13.2 Å². The fraction of sp³-hybridized carbons (Fsp3) is 0.345. The first-order valence-corrected chi connectivity index (χ1v) is 14.2. The van der Waals surface area contributed by atoms with Gasteiger partial charge in [-0.25, -0.2) is 8.42 Å². The van der Waals surface area contributed by atoms with Crippen molar-refractivity contribution in [2.75, 3.05) is 43.4 Å². The Bertz CT molecular complexity index is 1190. The van der Waals surface area contributed by atoms with Crippen LogP contribution in [0.5, 0.6) is 0 Å². The van der Waals surface area contributed by atoms with E-state index in [9.17, 15) is 13.2 Å². The summed E-state index contributed by atoms with van der Waals surface area (Å²) in [4.78, 5) is 15.0. The molecular formula is C29H35N3O3S. The Kier molecular flexibility index (Phi) is 8.78. The van der Waals surface area contributed by atoms with Crippen molar-refractivity contribution in [2.45, 2.75) is 25.7 Å². The number of nitrogens with one attached hydrogen (secondary N) is 1. The summed E-state index contributed by atoms with van der Waals surface area (Å²) in [6.07, 6.45) is 0.717. The Morgan fingerprint density at radius 1 is 0.861 bits per heavy atom. The second-order valence-corrected chi connectivity index (χ2v) is 11.4. The van der Waals surface area contributed by atoms with Gasteiger partial charge in [-0.05, 0) is 42.2 Å². The van der Waals surface area contributed by atoms with Gasteiger partial charge in [0.1, 0.15) is 0 Å². The fourth-order valence-electron chi connectivity index (χ4n) is 4.72. The van der Waals surface area contributed by atoms with Gasteiger partial charge in [0, 0.05) is 50.7 Å². The third-order valence-electron chi connectivity index (χ3n) is 6.69. The highest BCUT2D eigenvalue weighted by Crippen LogP contribution is 2.27. The molecule has 0 radical (unpaired) electrons. The molecule has 0 bridgehead atoms. The minimum atomic E-state index is -3.35. The second-order valence-electron chi connectivity index (χ2n) is 9.32. The van der Waals surface area contributed by atoms with E-state index in [0.717, 1.165) is 16.8 Å². The second kappa shape index (κ2) is 12.2. The molecule has 36 heavy (non-hydrogen) atoms. The third-order valence-corrected chi connectivity index (χ3v) is 8.65. The standard InChI is InChI=1S/C29H35N3O3S/c1-24-10-8-15-27(22-24)31-17-19-32(20-18-31)36(34,35)21-9-16-30-29(33)23-28(25-11-4-2-5-12-25)26-13-6-3-7-14-26/h2-8,10-15,22,28H,9,16-21,23H2,1H3,(H,30,33). The molecule has 7 heteroatoms. The molecule has 0 saturated carbocycles. The maximum Gasteiger partial charge on any atom is 0.220 e. The number of amides is 1. The number of aryl methyl sites for hydroxylation is 1. The van der Waals surface area contributed by atoms with Crippen molar-refractivity contribution in [3.63, 3.8) is 0 Å². The van der Waals surface area contributed by atoms with Crippen LogP contribution >= 0.6 is 0 Å². The van der Waals surface area contributed by atoms with E-state index < -0.39 is 10.0 Å². The number of hydrogen-bond acceptors (Lipinski definition) is 4. The van der Waals surface area contributed by atoms with Crippen molar-refractivity contribution in [1.82, 2.24) is 9.62 Å². The first-order chi connectivity index (χ1) is 17.4. The molecule has 0 spiro atoms. The van der Waals surface area contributed by atoms with Crippen LogP contribution in [0.2, 0.25) is 0 Å². The zero-order valence-electron chi connectivity index (χ0n) is 20.8. The first-order valence-electron chi connectivity index (χ1n) is 12.6. The van der Waals surface area contributed by atoms with Gasteiger partial charge in [-0.3, -0.25) is 4.79 Å². The normalized spacial score (nSPS) is 14.7. The number of rotatable bonds is 10. The largest absolute Gasteiger partial charge is 0.369 e. The van der Waals surface area contributed by atoms with Gasteiger partial charge in [0.05, 0.1) is 5.75 Å². The Hall–Kier alpha value is -3.16. The topological polar surface area (TPSA) is 69.7 Å². The molecule has 1 aliphatic rings. The molecule has 0 aromatic heterocycles. The van der Waals surface area contributed by atoms with Crippen LogP contribution in [0.4, 0.5) is 5.69 Å². The lowest BCUT2D eigenvalue weighted by molar-refractivity contribution is -0.121. The maximum absolute atomic E-state index is 12.9. The van der Waals surface area contributed by atoms with Crippen LogP contribution in [0, 0.1) is 6.92 Å². The maximum atomic E-state index is 12.9. The number of carbonyl (C=O) groups excluding carboxylic acids is 1. The first kappa shape index (κ1) is 25.9. The van der Waals surface area contributed by atoms with Gasteiger partial charge in [-0.1, -0.05) is 72.8 Å². The molecule has 0 aliphatic carbocycles. The van der Waals surface area contributed by atoms with Crippen LogP contribution in [0.1, 0.15) is 35.4 Å². The molecule has 0 atom stereocenters. The fourth-order valence-corrected chi connectivity index (χ4v) is 6.20. The summed E-state index contributed by atoms with van der Waals surface area (Å²) in [5.41, 5.74) is 4.51. The van der Waals surface area contributed by atoms with Gasteiger partial charge in [-0.2, -0.15) is 4.31 Å². The van der Waals surface area contributed by atoms with Crippen molar-refractivity contribution in [3.05, 3.63) is 102 Å². The molecule has 4 rings (SSSR count). The van der Waals surface area contributed by atoms with Gasteiger partial charge in [0.25, 0.3) is 0 Å². The highest BCUT2D eigenvalue weighted by molar-refractivity contribution is 7.89. The van der Waals surface area contributed by atoms with Gasteiger partial charge >= 0.3 is 0 Å². The van der Waals surface area contributed by atoms with Crippen molar-refractivity contribution in [1.29, 1.82) is 0 Å². The Morgan fingerprint density at radius 2 is 1.47 bits per heavy atom. The molecule has 190 valence electrons. The predicted octanol–water partition coefficient (Wildman–Crippen LogP) is 4.18. The van der Waals surface area contributed by atoms with Crippen LogP contribution in [0.15, 0.2) is 84.9 Å². The molecule has 6 nitrogen and oxygen atoms in total. The Morgan fingerprint density at radius 3 is 2.06 bits per heavy atom. The predicted molar refractivity (Wildman–Crippen MR) is 146 cm³/mol. The summed E-state index contributed by atoms with van der Waals surface area (Å²) in [6.45, 7) is 4.74. The number of benzene rings is 3. The zero-order chi connectivity index (χ0) is 25.4. The summed E-state index contributed by atoms with van der Waals surface area (Å²) in [6, 6.07) is 28.3.